The van der Waals surface area contributed by atoms with Crippen molar-refractivity contribution in [3.8, 4) is 11.2 Å². The predicted molar refractivity (Wildman–Crippen MR) is 67.7 cm³/mol. The van der Waals surface area contributed by atoms with Crippen molar-refractivity contribution in [1.82, 2.24) is 4.31 Å². The molecular formula is C13H15NO2S. The third-order valence-electron chi connectivity index (χ3n) is 2.75. The second kappa shape index (κ2) is 5.35. The van der Waals surface area contributed by atoms with Crippen molar-refractivity contribution in [3.63, 3.8) is 0 Å². The molecule has 0 saturated carbocycles. The van der Waals surface area contributed by atoms with Gasteiger partial charge < -0.3 is 0 Å². The van der Waals surface area contributed by atoms with Crippen LogP contribution in [0.3, 0.4) is 0 Å². The molecule has 0 N–H and O–H groups in total. The second-order valence-corrected chi connectivity index (χ2v) is 5.73. The van der Waals surface area contributed by atoms with Gasteiger partial charge in [0.15, 0.2) is 0 Å². The summed E-state index contributed by atoms with van der Waals surface area (Å²) in [5.41, 5.74) is 0.730. The van der Waals surface area contributed by atoms with Crippen molar-refractivity contribution in [2.24, 2.45) is 0 Å². The number of hydrogen-bond donors (Lipinski definition) is 0. The third-order valence-corrected chi connectivity index (χ3v) is 4.16. The topological polar surface area (TPSA) is 37.4 Å². The van der Waals surface area contributed by atoms with Crippen LogP contribution in [0.15, 0.2) is 30.3 Å². The Kier molecular flexibility index (Phi) is 3.82. The Morgan fingerprint density at radius 3 is 2.29 bits per heavy atom. The summed E-state index contributed by atoms with van der Waals surface area (Å²) in [6.45, 7) is 1.21. The molecule has 0 unspecified atom stereocenters. The van der Waals surface area contributed by atoms with Crippen molar-refractivity contribution >= 4 is 10.0 Å². The summed E-state index contributed by atoms with van der Waals surface area (Å²) in [5, 5.41) is 2.39. The van der Waals surface area contributed by atoms with E-state index in [1.165, 1.54) is 4.31 Å². The molecule has 0 aromatic heterocycles. The van der Waals surface area contributed by atoms with Crippen LogP contribution in [0.5, 0.6) is 0 Å². The average molecular weight is 249 g/mol. The highest BCUT2D eigenvalue weighted by atomic mass is 32.2. The van der Waals surface area contributed by atoms with Gasteiger partial charge in [0.25, 0.3) is 10.0 Å². The lowest BCUT2D eigenvalue weighted by Crippen LogP contribution is -2.34. The summed E-state index contributed by atoms with van der Waals surface area (Å²) in [6.07, 6.45) is 2.98. The zero-order valence-electron chi connectivity index (χ0n) is 9.59. The molecule has 1 aliphatic heterocycles. The van der Waals surface area contributed by atoms with Crippen LogP contribution in [0.25, 0.3) is 0 Å². The van der Waals surface area contributed by atoms with E-state index >= 15 is 0 Å². The Hall–Kier alpha value is -1.31. The molecule has 1 aromatic carbocycles. The third kappa shape index (κ3) is 3.32. The molecule has 0 bridgehead atoms. The number of piperidine rings is 1. The normalized spacial score (nSPS) is 17.2. The molecule has 2 rings (SSSR count). The Labute approximate surface area is 103 Å². The number of nitrogens with zero attached hydrogens (tertiary/aromatic N) is 1. The van der Waals surface area contributed by atoms with Gasteiger partial charge in [-0.15, -0.1) is 0 Å². The smallest absolute Gasteiger partial charge is 0.198 e. The summed E-state index contributed by atoms with van der Waals surface area (Å²) in [7, 11) is -3.41. The van der Waals surface area contributed by atoms with Crippen molar-refractivity contribution in [3.05, 3.63) is 35.9 Å². The molecule has 4 heteroatoms. The highest BCUT2D eigenvalue weighted by Gasteiger charge is 2.21. The van der Waals surface area contributed by atoms with Crippen LogP contribution in [0.4, 0.5) is 0 Å². The van der Waals surface area contributed by atoms with Crippen LogP contribution in [0, 0.1) is 11.2 Å². The largest absolute Gasteiger partial charge is 0.283 e. The number of rotatable bonds is 1. The molecule has 1 saturated heterocycles. The zero-order valence-corrected chi connectivity index (χ0v) is 10.4. The first-order chi connectivity index (χ1) is 8.18. The molecule has 1 fully saturated rings. The minimum Gasteiger partial charge on any atom is -0.198 e. The molecule has 3 nitrogen and oxygen atoms in total. The molecule has 0 amide bonds. The number of sulfonamides is 1. The van der Waals surface area contributed by atoms with Crippen molar-refractivity contribution in [1.29, 1.82) is 0 Å². The van der Waals surface area contributed by atoms with E-state index in [1.807, 2.05) is 18.2 Å². The minimum absolute atomic E-state index is 0.603. The lowest BCUT2D eigenvalue weighted by molar-refractivity contribution is 0.351. The average Bonchev–Trinajstić information content (AvgIpc) is 2.39. The fraction of sp³-hybridized carbons (Fsp3) is 0.385. The SMILES string of the molecule is O=S(=O)(C#Cc1ccccc1)N1CCCCC1. The monoisotopic (exact) mass is 249 g/mol. The Morgan fingerprint density at radius 1 is 1.00 bits per heavy atom. The standard InChI is InChI=1S/C13H15NO2S/c15-17(16,14-10-5-2-6-11-14)12-9-13-7-3-1-4-8-13/h1,3-4,7-8H,2,5-6,10-11H2. The maximum absolute atomic E-state index is 11.9. The maximum Gasteiger partial charge on any atom is 0.283 e. The minimum atomic E-state index is -3.41. The van der Waals surface area contributed by atoms with E-state index in [2.05, 4.69) is 11.2 Å². The first-order valence-corrected chi connectivity index (χ1v) is 7.20. The Bertz CT molecular complexity index is 520. The van der Waals surface area contributed by atoms with Crippen LogP contribution >= 0.6 is 0 Å². The highest BCUT2D eigenvalue weighted by molar-refractivity contribution is 7.93. The number of benzene rings is 1. The van der Waals surface area contributed by atoms with Crippen molar-refractivity contribution in [2.45, 2.75) is 19.3 Å². The van der Waals surface area contributed by atoms with Gasteiger partial charge >= 0.3 is 0 Å². The quantitative estimate of drug-likeness (QED) is 0.712. The van der Waals surface area contributed by atoms with Crippen LogP contribution in [-0.4, -0.2) is 25.8 Å². The van der Waals surface area contributed by atoms with E-state index < -0.39 is 10.0 Å². The van der Waals surface area contributed by atoms with E-state index in [4.69, 9.17) is 0 Å². The van der Waals surface area contributed by atoms with Gasteiger partial charge in [0.05, 0.1) is 0 Å². The molecule has 17 heavy (non-hydrogen) atoms. The fourth-order valence-corrected chi connectivity index (χ4v) is 2.93. The zero-order chi connectivity index (χ0) is 12.1. The molecule has 0 aliphatic carbocycles. The van der Waals surface area contributed by atoms with E-state index in [-0.39, 0.29) is 0 Å². The van der Waals surface area contributed by atoms with Gasteiger partial charge in [-0.1, -0.05) is 24.6 Å². The van der Waals surface area contributed by atoms with E-state index in [0.717, 1.165) is 24.8 Å². The summed E-state index contributed by atoms with van der Waals surface area (Å²) < 4.78 is 25.3. The molecular weight excluding hydrogens is 234 g/mol. The fourth-order valence-electron chi connectivity index (χ4n) is 1.81. The van der Waals surface area contributed by atoms with Crippen LogP contribution in [-0.2, 0) is 10.0 Å². The van der Waals surface area contributed by atoms with Crippen LogP contribution < -0.4 is 0 Å². The van der Waals surface area contributed by atoms with Gasteiger partial charge in [-0.05, 0) is 30.9 Å². The molecule has 90 valence electrons. The molecule has 1 aromatic rings. The van der Waals surface area contributed by atoms with Crippen molar-refractivity contribution in [2.75, 3.05) is 13.1 Å². The van der Waals surface area contributed by atoms with Crippen LogP contribution in [0.1, 0.15) is 24.8 Å². The second-order valence-electron chi connectivity index (χ2n) is 4.06. The molecule has 0 spiro atoms. The van der Waals surface area contributed by atoms with Gasteiger partial charge in [0.2, 0.25) is 0 Å². The highest BCUT2D eigenvalue weighted by Crippen LogP contribution is 2.12. The van der Waals surface area contributed by atoms with E-state index in [1.54, 1.807) is 12.1 Å². The first-order valence-electron chi connectivity index (χ1n) is 5.76. The summed E-state index contributed by atoms with van der Waals surface area (Å²) in [5.74, 6) is 2.70. The lowest BCUT2D eigenvalue weighted by atomic mass is 10.2. The summed E-state index contributed by atoms with van der Waals surface area (Å²) >= 11 is 0. The molecule has 0 radical (unpaired) electrons. The summed E-state index contributed by atoms with van der Waals surface area (Å²) in [4.78, 5) is 0. The Morgan fingerprint density at radius 2 is 1.65 bits per heavy atom. The first kappa shape index (κ1) is 12.2. The number of hydrogen-bond acceptors (Lipinski definition) is 2. The predicted octanol–water partition coefficient (Wildman–Crippen LogP) is 1.81. The maximum atomic E-state index is 11.9. The molecule has 1 heterocycles. The summed E-state index contributed by atoms with van der Waals surface area (Å²) in [6, 6.07) is 9.18. The van der Waals surface area contributed by atoms with Gasteiger partial charge in [0.1, 0.15) is 0 Å². The van der Waals surface area contributed by atoms with Crippen LogP contribution in [0.2, 0.25) is 0 Å². The van der Waals surface area contributed by atoms with Gasteiger partial charge in [0, 0.05) is 23.9 Å². The van der Waals surface area contributed by atoms with E-state index in [9.17, 15) is 8.42 Å². The lowest BCUT2D eigenvalue weighted by Gasteiger charge is -2.22. The van der Waals surface area contributed by atoms with Gasteiger partial charge in [-0.25, -0.2) is 0 Å². The van der Waals surface area contributed by atoms with E-state index in [0.29, 0.717) is 13.1 Å². The van der Waals surface area contributed by atoms with Gasteiger partial charge in [-0.3, -0.25) is 0 Å². The molecule has 1 aliphatic rings. The van der Waals surface area contributed by atoms with Crippen molar-refractivity contribution < 1.29 is 8.42 Å². The Balaban J connectivity index is 2.15. The molecule has 0 atom stereocenters. The van der Waals surface area contributed by atoms with Gasteiger partial charge in [-0.2, -0.15) is 12.7 Å².